The number of anilines is 1. The summed E-state index contributed by atoms with van der Waals surface area (Å²) in [6.45, 7) is 0. The normalized spacial score (nSPS) is 10.5. The van der Waals surface area contributed by atoms with Gasteiger partial charge < -0.3 is 0 Å². The monoisotopic (exact) mass is 309 g/mol. The number of hydrogen-bond donors (Lipinski definition) is 0. The van der Waals surface area contributed by atoms with Gasteiger partial charge in [0.15, 0.2) is 5.82 Å². The lowest BCUT2D eigenvalue weighted by molar-refractivity contribution is -0.117. The van der Waals surface area contributed by atoms with Crippen LogP contribution in [0.15, 0.2) is 66.9 Å². The fraction of sp³-hybridized carbons (Fsp3) is 0.111. The summed E-state index contributed by atoms with van der Waals surface area (Å²) in [5.41, 5.74) is 1.29. The Morgan fingerprint density at radius 1 is 1.09 bits per heavy atom. The minimum absolute atomic E-state index is 0.00136. The topological polar surface area (TPSA) is 38.1 Å². The number of likely N-dealkylation sites (N-methyl/N-ethyl adjacent to an activating group) is 1. The van der Waals surface area contributed by atoms with E-state index < -0.39 is 0 Å². The smallest absolute Gasteiger partial charge is 0.232 e. The van der Waals surface area contributed by atoms with Crippen LogP contribution in [0.5, 0.6) is 0 Å². The first-order chi connectivity index (χ1) is 11.1. The third kappa shape index (κ3) is 3.29. The molecule has 0 N–H and O–H groups in total. The molecule has 5 heteroatoms. The van der Waals surface area contributed by atoms with Gasteiger partial charge in [0, 0.05) is 19.3 Å². The summed E-state index contributed by atoms with van der Waals surface area (Å²) < 4.78 is 15.3. The zero-order chi connectivity index (χ0) is 16.2. The zero-order valence-electron chi connectivity index (χ0n) is 12.7. The van der Waals surface area contributed by atoms with E-state index in [2.05, 4.69) is 5.10 Å². The van der Waals surface area contributed by atoms with Gasteiger partial charge in [-0.05, 0) is 23.8 Å². The average molecular weight is 309 g/mol. The molecule has 1 amide bonds. The highest BCUT2D eigenvalue weighted by Crippen LogP contribution is 2.15. The molecule has 0 fully saturated rings. The summed E-state index contributed by atoms with van der Waals surface area (Å²) in [6, 6.07) is 17.7. The summed E-state index contributed by atoms with van der Waals surface area (Å²) >= 11 is 0. The van der Waals surface area contributed by atoms with Gasteiger partial charge in [0.2, 0.25) is 5.91 Å². The molecule has 0 bridgehead atoms. The molecule has 2 aromatic carbocycles. The Kier molecular flexibility index (Phi) is 4.19. The van der Waals surface area contributed by atoms with E-state index in [1.807, 2.05) is 30.3 Å². The van der Waals surface area contributed by atoms with E-state index in [-0.39, 0.29) is 18.1 Å². The van der Waals surface area contributed by atoms with Crippen LogP contribution in [-0.4, -0.2) is 22.7 Å². The van der Waals surface area contributed by atoms with E-state index in [1.165, 1.54) is 11.0 Å². The predicted molar refractivity (Wildman–Crippen MR) is 87.1 cm³/mol. The second-order valence-corrected chi connectivity index (χ2v) is 5.17. The van der Waals surface area contributed by atoms with Crippen molar-refractivity contribution in [3.8, 4) is 5.69 Å². The molecule has 0 radical (unpaired) electrons. The van der Waals surface area contributed by atoms with Crippen LogP contribution in [0.25, 0.3) is 5.69 Å². The number of rotatable bonds is 4. The number of amides is 1. The van der Waals surface area contributed by atoms with Crippen molar-refractivity contribution in [2.45, 2.75) is 6.42 Å². The maximum atomic E-state index is 13.7. The molecular weight excluding hydrogens is 293 g/mol. The van der Waals surface area contributed by atoms with Crippen LogP contribution in [0.2, 0.25) is 0 Å². The molecule has 116 valence electrons. The van der Waals surface area contributed by atoms with Crippen molar-refractivity contribution in [3.63, 3.8) is 0 Å². The maximum absolute atomic E-state index is 13.7. The number of carbonyl (C=O) groups is 1. The van der Waals surface area contributed by atoms with E-state index in [0.29, 0.717) is 11.4 Å². The van der Waals surface area contributed by atoms with Crippen molar-refractivity contribution < 1.29 is 9.18 Å². The summed E-state index contributed by atoms with van der Waals surface area (Å²) in [7, 11) is 1.64. The van der Waals surface area contributed by atoms with Crippen LogP contribution in [0.3, 0.4) is 0 Å². The van der Waals surface area contributed by atoms with Crippen molar-refractivity contribution in [1.29, 1.82) is 0 Å². The molecule has 0 unspecified atom stereocenters. The lowest BCUT2D eigenvalue weighted by Crippen LogP contribution is -2.28. The Labute approximate surface area is 133 Å². The van der Waals surface area contributed by atoms with Gasteiger partial charge in [-0.25, -0.2) is 9.07 Å². The summed E-state index contributed by atoms with van der Waals surface area (Å²) in [4.78, 5) is 13.8. The molecule has 4 nitrogen and oxygen atoms in total. The Bertz CT molecular complexity index is 814. The van der Waals surface area contributed by atoms with Crippen LogP contribution in [0.1, 0.15) is 5.56 Å². The molecule has 23 heavy (non-hydrogen) atoms. The molecule has 0 saturated carbocycles. The van der Waals surface area contributed by atoms with Gasteiger partial charge in [0.25, 0.3) is 0 Å². The minimum Gasteiger partial charge on any atom is -0.298 e. The van der Waals surface area contributed by atoms with E-state index in [1.54, 1.807) is 42.2 Å². The van der Waals surface area contributed by atoms with Gasteiger partial charge in [0.1, 0.15) is 5.82 Å². The Balaban J connectivity index is 1.76. The highest BCUT2D eigenvalue weighted by molar-refractivity contribution is 5.93. The van der Waals surface area contributed by atoms with Crippen LogP contribution in [0.4, 0.5) is 10.2 Å². The van der Waals surface area contributed by atoms with Crippen molar-refractivity contribution in [1.82, 2.24) is 9.78 Å². The molecule has 0 saturated heterocycles. The number of benzene rings is 2. The lowest BCUT2D eigenvalue weighted by atomic mass is 10.1. The quantitative estimate of drug-likeness (QED) is 0.742. The third-order valence-corrected chi connectivity index (χ3v) is 3.61. The lowest BCUT2D eigenvalue weighted by Gasteiger charge is -2.14. The molecule has 1 heterocycles. The Morgan fingerprint density at radius 2 is 1.78 bits per heavy atom. The molecule has 0 aliphatic rings. The number of halogens is 1. The molecule has 0 atom stereocenters. The predicted octanol–water partition coefficient (Wildman–Crippen LogP) is 3.22. The third-order valence-electron chi connectivity index (χ3n) is 3.61. The maximum Gasteiger partial charge on any atom is 0.232 e. The van der Waals surface area contributed by atoms with Crippen molar-refractivity contribution in [2.75, 3.05) is 11.9 Å². The van der Waals surface area contributed by atoms with E-state index in [9.17, 15) is 9.18 Å². The van der Waals surface area contributed by atoms with Gasteiger partial charge in [-0.1, -0.05) is 36.4 Å². The minimum atomic E-state index is -0.371. The Hall–Kier alpha value is -2.95. The van der Waals surface area contributed by atoms with Crippen LogP contribution in [-0.2, 0) is 11.2 Å². The summed E-state index contributed by atoms with van der Waals surface area (Å²) in [5, 5.41) is 4.39. The molecular formula is C18H16FN3O. The fourth-order valence-electron chi connectivity index (χ4n) is 2.27. The standard InChI is InChI=1S/C18H16FN3O/c1-21(18(23)13-14-7-5-6-10-16(14)19)17-11-12-22(20-17)15-8-3-2-4-9-15/h2-12H,13H2,1H3. The zero-order valence-corrected chi connectivity index (χ0v) is 12.7. The Morgan fingerprint density at radius 3 is 2.52 bits per heavy atom. The first kappa shape index (κ1) is 15.0. The number of aromatic nitrogens is 2. The van der Waals surface area contributed by atoms with Crippen LogP contribution >= 0.6 is 0 Å². The number of hydrogen-bond acceptors (Lipinski definition) is 2. The highest BCUT2D eigenvalue weighted by Gasteiger charge is 2.16. The first-order valence-electron chi connectivity index (χ1n) is 7.26. The average Bonchev–Trinajstić information content (AvgIpc) is 3.07. The molecule has 1 aromatic heterocycles. The second kappa shape index (κ2) is 6.44. The summed E-state index contributed by atoms with van der Waals surface area (Å²) in [5.74, 6) is -0.0623. The van der Waals surface area contributed by atoms with Crippen molar-refractivity contribution in [2.24, 2.45) is 0 Å². The van der Waals surface area contributed by atoms with Crippen LogP contribution < -0.4 is 4.90 Å². The van der Waals surface area contributed by atoms with E-state index in [0.717, 1.165) is 5.69 Å². The molecule has 3 rings (SSSR count). The van der Waals surface area contributed by atoms with Gasteiger partial charge >= 0.3 is 0 Å². The van der Waals surface area contributed by atoms with Gasteiger partial charge in [-0.15, -0.1) is 5.10 Å². The molecule has 0 aliphatic heterocycles. The van der Waals surface area contributed by atoms with Gasteiger partial charge in [-0.2, -0.15) is 0 Å². The molecule has 0 aliphatic carbocycles. The first-order valence-corrected chi connectivity index (χ1v) is 7.26. The van der Waals surface area contributed by atoms with E-state index >= 15 is 0 Å². The SMILES string of the molecule is CN(C(=O)Cc1ccccc1F)c1ccn(-c2ccccc2)n1. The van der Waals surface area contributed by atoms with Crippen LogP contribution in [0, 0.1) is 5.82 Å². The highest BCUT2D eigenvalue weighted by atomic mass is 19.1. The van der Waals surface area contributed by atoms with E-state index in [4.69, 9.17) is 0 Å². The second-order valence-electron chi connectivity index (χ2n) is 5.17. The number of nitrogens with zero attached hydrogens (tertiary/aromatic N) is 3. The van der Waals surface area contributed by atoms with Gasteiger partial charge in [0.05, 0.1) is 12.1 Å². The molecule has 0 spiro atoms. The largest absolute Gasteiger partial charge is 0.298 e. The van der Waals surface area contributed by atoms with Crippen molar-refractivity contribution >= 4 is 11.7 Å². The fourth-order valence-corrected chi connectivity index (χ4v) is 2.27. The molecule has 3 aromatic rings. The van der Waals surface area contributed by atoms with Crippen molar-refractivity contribution in [3.05, 3.63) is 78.2 Å². The van der Waals surface area contributed by atoms with Gasteiger partial charge in [-0.3, -0.25) is 9.69 Å². The summed E-state index contributed by atoms with van der Waals surface area (Å²) in [6.07, 6.45) is 1.79. The number of carbonyl (C=O) groups excluding carboxylic acids is 1. The number of para-hydroxylation sites is 1.